The van der Waals surface area contributed by atoms with E-state index in [1.807, 2.05) is 18.2 Å². The van der Waals surface area contributed by atoms with Gasteiger partial charge in [0, 0.05) is 12.2 Å². The summed E-state index contributed by atoms with van der Waals surface area (Å²) < 4.78 is 0.655. The third-order valence-corrected chi connectivity index (χ3v) is 3.00. The quantitative estimate of drug-likeness (QED) is 0.458. The number of anilines is 1. The number of hydrogen-bond donors (Lipinski definition) is 1. The third-order valence-electron chi connectivity index (χ3n) is 2.53. The molecule has 0 aromatic heterocycles. The maximum Gasteiger partial charge on any atom is 0.137 e. The fourth-order valence-corrected chi connectivity index (χ4v) is 2.05. The summed E-state index contributed by atoms with van der Waals surface area (Å²) in [7, 11) is 0. The molecular weight excluding hydrogens is 234 g/mol. The van der Waals surface area contributed by atoms with Crippen molar-refractivity contribution in [2.75, 3.05) is 11.4 Å². The smallest absolute Gasteiger partial charge is 0.137 e. The maximum absolute atomic E-state index is 5.17. The van der Waals surface area contributed by atoms with E-state index in [9.17, 15) is 0 Å². The van der Waals surface area contributed by atoms with Gasteiger partial charge in [0.25, 0.3) is 0 Å². The van der Waals surface area contributed by atoms with Crippen LogP contribution in [0.4, 0.5) is 5.69 Å². The molecule has 0 radical (unpaired) electrons. The lowest BCUT2D eigenvalue weighted by molar-refractivity contribution is 0.673. The van der Waals surface area contributed by atoms with E-state index in [1.165, 1.54) is 25.7 Å². The molecule has 0 aliphatic carbocycles. The molecule has 16 heavy (non-hydrogen) atoms. The average Bonchev–Trinajstić information content (AvgIpc) is 2.30. The number of benzene rings is 1. The van der Waals surface area contributed by atoms with Crippen molar-refractivity contribution in [3.8, 4) is 0 Å². The normalized spacial score (nSPS) is 10.1. The Kier molecular flexibility index (Phi) is 6.50. The highest BCUT2D eigenvalue weighted by atomic mass is 32.1. The summed E-state index contributed by atoms with van der Waals surface area (Å²) in [5.41, 5.74) is 1.14. The summed E-state index contributed by atoms with van der Waals surface area (Å²) in [4.78, 5) is 2.09. The van der Waals surface area contributed by atoms with Crippen LogP contribution in [0.3, 0.4) is 0 Å². The molecule has 0 aliphatic heterocycles. The van der Waals surface area contributed by atoms with Crippen molar-refractivity contribution in [2.24, 2.45) is 0 Å². The molecule has 0 bridgehead atoms. The van der Waals surface area contributed by atoms with Crippen LogP contribution >= 0.6 is 24.8 Å². The van der Waals surface area contributed by atoms with Crippen molar-refractivity contribution in [3.05, 3.63) is 30.3 Å². The molecule has 0 saturated heterocycles. The van der Waals surface area contributed by atoms with Gasteiger partial charge in [-0.1, -0.05) is 56.6 Å². The van der Waals surface area contributed by atoms with Gasteiger partial charge in [-0.2, -0.15) is 0 Å². The molecule has 0 aliphatic rings. The van der Waals surface area contributed by atoms with Gasteiger partial charge in [0.15, 0.2) is 0 Å². The van der Waals surface area contributed by atoms with E-state index in [0.29, 0.717) is 4.32 Å². The minimum atomic E-state index is 0.655. The highest BCUT2D eigenvalue weighted by Crippen LogP contribution is 2.16. The van der Waals surface area contributed by atoms with Gasteiger partial charge in [0.05, 0.1) is 0 Å². The molecule has 0 heterocycles. The number of thiocarbonyl (C=S) groups is 1. The number of hydrogen-bond acceptors (Lipinski definition) is 1. The molecule has 0 N–H and O–H groups in total. The highest BCUT2D eigenvalue weighted by molar-refractivity contribution is 8.11. The second-order valence-corrected chi connectivity index (χ2v) is 4.94. The van der Waals surface area contributed by atoms with Crippen molar-refractivity contribution in [1.82, 2.24) is 0 Å². The topological polar surface area (TPSA) is 3.24 Å². The fourth-order valence-electron chi connectivity index (χ4n) is 1.64. The SMILES string of the molecule is CCCCCCN(C(=S)S)c1ccccc1. The predicted molar refractivity (Wildman–Crippen MR) is 79.5 cm³/mol. The zero-order valence-corrected chi connectivity index (χ0v) is 11.4. The number of thiol groups is 1. The summed E-state index contributed by atoms with van der Waals surface area (Å²) >= 11 is 9.45. The minimum absolute atomic E-state index is 0.655. The van der Waals surface area contributed by atoms with Crippen molar-refractivity contribution in [1.29, 1.82) is 0 Å². The molecule has 0 atom stereocenters. The van der Waals surface area contributed by atoms with E-state index in [2.05, 4.69) is 36.6 Å². The molecule has 0 saturated carbocycles. The summed E-state index contributed by atoms with van der Waals surface area (Å²) in [6.45, 7) is 3.19. The lowest BCUT2D eigenvalue weighted by Gasteiger charge is -2.22. The molecule has 1 nitrogen and oxygen atoms in total. The van der Waals surface area contributed by atoms with Gasteiger partial charge < -0.3 is 4.90 Å². The Bertz CT molecular complexity index is 311. The minimum Gasteiger partial charge on any atom is -0.328 e. The first-order valence-electron chi connectivity index (χ1n) is 5.81. The van der Waals surface area contributed by atoms with Gasteiger partial charge in [-0.25, -0.2) is 0 Å². The van der Waals surface area contributed by atoms with Crippen LogP contribution in [-0.4, -0.2) is 10.9 Å². The lowest BCUT2D eigenvalue weighted by Crippen LogP contribution is -2.26. The maximum atomic E-state index is 5.17. The van der Waals surface area contributed by atoms with Gasteiger partial charge in [-0.05, 0) is 18.6 Å². The fraction of sp³-hybridized carbons (Fsp3) is 0.462. The van der Waals surface area contributed by atoms with E-state index >= 15 is 0 Å². The van der Waals surface area contributed by atoms with E-state index in [-0.39, 0.29) is 0 Å². The molecule has 0 fully saturated rings. The van der Waals surface area contributed by atoms with Crippen LogP contribution in [-0.2, 0) is 0 Å². The molecule has 88 valence electrons. The summed E-state index contributed by atoms with van der Waals surface area (Å²) in [5.74, 6) is 0. The number of unbranched alkanes of at least 4 members (excludes halogenated alkanes) is 3. The van der Waals surface area contributed by atoms with Crippen LogP contribution in [0.15, 0.2) is 30.3 Å². The van der Waals surface area contributed by atoms with Crippen LogP contribution in [0.25, 0.3) is 0 Å². The zero-order chi connectivity index (χ0) is 11.8. The van der Waals surface area contributed by atoms with Crippen molar-refractivity contribution < 1.29 is 0 Å². The van der Waals surface area contributed by atoms with Crippen molar-refractivity contribution in [2.45, 2.75) is 32.6 Å². The molecule has 1 aromatic carbocycles. The lowest BCUT2D eigenvalue weighted by atomic mass is 10.2. The van der Waals surface area contributed by atoms with Crippen LogP contribution in [0.1, 0.15) is 32.6 Å². The average molecular weight is 253 g/mol. The van der Waals surface area contributed by atoms with Gasteiger partial charge in [-0.3, -0.25) is 0 Å². The molecule has 0 unspecified atom stereocenters. The molecule has 0 amide bonds. The first kappa shape index (κ1) is 13.5. The molecule has 3 heteroatoms. The van der Waals surface area contributed by atoms with Crippen LogP contribution < -0.4 is 4.90 Å². The van der Waals surface area contributed by atoms with E-state index < -0.39 is 0 Å². The van der Waals surface area contributed by atoms with Crippen LogP contribution in [0.2, 0.25) is 0 Å². The Balaban J connectivity index is 2.52. The number of nitrogens with zero attached hydrogens (tertiary/aromatic N) is 1. The van der Waals surface area contributed by atoms with E-state index in [1.54, 1.807) is 0 Å². The van der Waals surface area contributed by atoms with Gasteiger partial charge in [0.2, 0.25) is 0 Å². The Labute approximate surface area is 109 Å². The standard InChI is InChI=1S/C13H19NS2/c1-2-3-4-8-11-14(13(15)16)12-9-6-5-7-10-12/h5-7,9-10H,2-4,8,11H2,1H3,(H,15,16). The highest BCUT2D eigenvalue weighted by Gasteiger charge is 2.07. The van der Waals surface area contributed by atoms with Gasteiger partial charge >= 0.3 is 0 Å². The Morgan fingerprint density at radius 2 is 1.88 bits per heavy atom. The molecular formula is C13H19NS2. The Morgan fingerprint density at radius 1 is 1.19 bits per heavy atom. The third kappa shape index (κ3) is 4.54. The second-order valence-electron chi connectivity index (χ2n) is 3.83. The first-order valence-corrected chi connectivity index (χ1v) is 6.66. The second kappa shape index (κ2) is 7.69. The molecule has 0 spiro atoms. The number of para-hydroxylation sites is 1. The Morgan fingerprint density at radius 3 is 2.44 bits per heavy atom. The van der Waals surface area contributed by atoms with Gasteiger partial charge in [0.1, 0.15) is 4.32 Å². The Hall–Kier alpha value is -0.540. The van der Waals surface area contributed by atoms with Gasteiger partial charge in [-0.15, -0.1) is 12.6 Å². The van der Waals surface area contributed by atoms with Crippen molar-refractivity contribution in [3.63, 3.8) is 0 Å². The predicted octanol–water partition coefficient (Wildman–Crippen LogP) is 4.29. The largest absolute Gasteiger partial charge is 0.328 e. The summed E-state index contributed by atoms with van der Waals surface area (Å²) in [5, 5.41) is 0. The van der Waals surface area contributed by atoms with Crippen molar-refractivity contribution >= 4 is 34.9 Å². The number of rotatable bonds is 6. The van der Waals surface area contributed by atoms with E-state index in [0.717, 1.165) is 12.2 Å². The molecule has 1 aromatic rings. The zero-order valence-electron chi connectivity index (χ0n) is 9.72. The monoisotopic (exact) mass is 253 g/mol. The van der Waals surface area contributed by atoms with E-state index in [4.69, 9.17) is 12.2 Å². The molecule has 1 rings (SSSR count). The summed E-state index contributed by atoms with van der Waals surface area (Å²) in [6, 6.07) is 10.2. The first-order chi connectivity index (χ1) is 7.75. The van der Waals surface area contributed by atoms with Crippen LogP contribution in [0, 0.1) is 0 Å². The van der Waals surface area contributed by atoms with Crippen LogP contribution in [0.5, 0.6) is 0 Å². The summed E-state index contributed by atoms with van der Waals surface area (Å²) in [6.07, 6.45) is 4.98.